The maximum absolute atomic E-state index is 4.25. The van der Waals surface area contributed by atoms with Crippen LogP contribution in [-0.4, -0.2) is 9.55 Å². The van der Waals surface area contributed by atoms with Crippen LogP contribution in [0.2, 0.25) is 0 Å². The second kappa shape index (κ2) is 5.06. The van der Waals surface area contributed by atoms with E-state index < -0.39 is 0 Å². The van der Waals surface area contributed by atoms with Gasteiger partial charge in [0.1, 0.15) is 0 Å². The first-order chi connectivity index (χ1) is 6.81. The summed E-state index contributed by atoms with van der Waals surface area (Å²) in [5, 5.41) is 0. The molecular formula is C12H11IrN2-. The summed E-state index contributed by atoms with van der Waals surface area (Å²) in [6.45, 7) is 3.70. The van der Waals surface area contributed by atoms with Crippen molar-refractivity contribution in [2.75, 3.05) is 0 Å². The molecule has 2 nitrogen and oxygen atoms in total. The molecule has 0 atom stereocenters. The van der Waals surface area contributed by atoms with Crippen molar-refractivity contribution in [2.24, 2.45) is 7.05 Å². The fourth-order valence-corrected chi connectivity index (χ4v) is 1.33. The number of hydrogen-bond acceptors (Lipinski definition) is 1. The fourth-order valence-electron chi connectivity index (χ4n) is 1.33. The first kappa shape index (κ1) is 11.9. The van der Waals surface area contributed by atoms with E-state index in [4.69, 9.17) is 0 Å². The van der Waals surface area contributed by atoms with Gasteiger partial charge < -0.3 is 4.57 Å². The maximum Gasteiger partial charge on any atom is 0.0555 e. The van der Waals surface area contributed by atoms with E-state index >= 15 is 0 Å². The van der Waals surface area contributed by atoms with Gasteiger partial charge in [0.2, 0.25) is 0 Å². The summed E-state index contributed by atoms with van der Waals surface area (Å²) < 4.78 is 1.97. The zero-order chi connectivity index (χ0) is 9.97. The predicted molar refractivity (Wildman–Crippen MR) is 57.6 cm³/mol. The van der Waals surface area contributed by atoms with E-state index in [1.54, 1.807) is 12.3 Å². The third kappa shape index (κ3) is 2.44. The molecule has 1 aromatic carbocycles. The summed E-state index contributed by atoms with van der Waals surface area (Å²) in [5.41, 5.74) is 2.08. The summed E-state index contributed by atoms with van der Waals surface area (Å²) in [4.78, 5) is 4.25. The molecule has 2 aromatic rings. The van der Waals surface area contributed by atoms with Crippen molar-refractivity contribution in [1.82, 2.24) is 9.55 Å². The average molecular weight is 375 g/mol. The molecule has 0 bridgehead atoms. The minimum Gasteiger partial charge on any atom is -0.373 e. The first-order valence-corrected chi connectivity index (χ1v) is 4.43. The average Bonchev–Trinajstić information content (AvgIpc) is 2.65. The number of benzene rings is 1. The van der Waals surface area contributed by atoms with Crippen molar-refractivity contribution in [1.29, 1.82) is 0 Å². The molecule has 0 N–H and O–H groups in total. The Labute approximate surface area is 103 Å². The Morgan fingerprint density at radius 2 is 2.27 bits per heavy atom. The van der Waals surface area contributed by atoms with E-state index in [2.05, 4.69) is 17.6 Å². The van der Waals surface area contributed by atoms with Gasteiger partial charge in [-0.3, -0.25) is 4.98 Å². The quantitative estimate of drug-likeness (QED) is 0.738. The van der Waals surface area contributed by atoms with Crippen molar-refractivity contribution in [3.05, 3.63) is 48.8 Å². The Morgan fingerprint density at radius 3 is 2.73 bits per heavy atom. The molecule has 0 aliphatic rings. The standard InChI is InChI=1S/C12H11N2.Ir/c1-3-10-4-6-11(7-5-10)12-13-8-9-14(12)2;/h3-6,8-9H,1H2,2H3;/q-1;. The van der Waals surface area contributed by atoms with Gasteiger partial charge in [0.25, 0.3) is 0 Å². The van der Waals surface area contributed by atoms with Crippen LogP contribution in [0.15, 0.2) is 37.2 Å². The molecule has 3 heteroatoms. The van der Waals surface area contributed by atoms with Crippen LogP contribution < -0.4 is 0 Å². The number of nitrogens with zero attached hydrogens (tertiary/aromatic N) is 2. The molecule has 0 fully saturated rings. The van der Waals surface area contributed by atoms with E-state index in [1.165, 1.54) is 0 Å². The van der Waals surface area contributed by atoms with Crippen molar-refractivity contribution >= 4 is 6.08 Å². The molecular weight excluding hydrogens is 364 g/mol. The molecule has 0 amide bonds. The zero-order valence-corrected chi connectivity index (χ0v) is 10.8. The van der Waals surface area contributed by atoms with Gasteiger partial charge in [0, 0.05) is 39.5 Å². The van der Waals surface area contributed by atoms with E-state index in [0.717, 1.165) is 17.0 Å². The Balaban J connectivity index is 0.00000112. The number of rotatable bonds is 2. The van der Waals surface area contributed by atoms with Crippen LogP contribution in [-0.2, 0) is 27.2 Å². The topological polar surface area (TPSA) is 17.8 Å². The smallest absolute Gasteiger partial charge is 0.0555 e. The monoisotopic (exact) mass is 376 g/mol. The summed E-state index contributed by atoms with van der Waals surface area (Å²) in [6, 6.07) is 9.10. The van der Waals surface area contributed by atoms with Crippen LogP contribution in [0.3, 0.4) is 0 Å². The van der Waals surface area contributed by atoms with Gasteiger partial charge in [-0.25, -0.2) is 0 Å². The largest absolute Gasteiger partial charge is 0.373 e. The Morgan fingerprint density at radius 1 is 1.47 bits per heavy atom. The molecule has 0 saturated heterocycles. The predicted octanol–water partition coefficient (Wildman–Crippen LogP) is 2.53. The number of imidazole rings is 1. The Bertz CT molecular complexity index is 443. The van der Waals surface area contributed by atoms with Crippen molar-refractivity contribution in [2.45, 2.75) is 0 Å². The second-order valence-electron chi connectivity index (χ2n) is 3.10. The molecule has 1 aromatic heterocycles. The van der Waals surface area contributed by atoms with E-state index in [-0.39, 0.29) is 20.1 Å². The Hall–Kier alpha value is -1.18. The van der Waals surface area contributed by atoms with Crippen LogP contribution >= 0.6 is 0 Å². The van der Waals surface area contributed by atoms with E-state index in [1.807, 2.05) is 36.0 Å². The minimum absolute atomic E-state index is 0. The minimum atomic E-state index is 0. The van der Waals surface area contributed by atoms with Crippen LogP contribution in [0, 0.1) is 6.07 Å². The molecule has 0 aliphatic carbocycles. The van der Waals surface area contributed by atoms with Gasteiger partial charge in [-0.05, 0) is 0 Å². The van der Waals surface area contributed by atoms with Crippen LogP contribution in [0.5, 0.6) is 0 Å². The summed E-state index contributed by atoms with van der Waals surface area (Å²) in [5.74, 6) is 0.931. The van der Waals surface area contributed by atoms with Gasteiger partial charge in [0.05, 0.1) is 5.82 Å². The molecule has 79 valence electrons. The van der Waals surface area contributed by atoms with Gasteiger partial charge in [-0.1, -0.05) is 0 Å². The van der Waals surface area contributed by atoms with Crippen LogP contribution in [0.4, 0.5) is 0 Å². The van der Waals surface area contributed by atoms with E-state index in [9.17, 15) is 0 Å². The Kier molecular flexibility index (Phi) is 4.01. The van der Waals surface area contributed by atoms with Crippen molar-refractivity contribution < 1.29 is 20.1 Å². The molecule has 1 radical (unpaired) electrons. The number of aromatic nitrogens is 2. The van der Waals surface area contributed by atoms with Crippen molar-refractivity contribution in [3.63, 3.8) is 0 Å². The maximum atomic E-state index is 4.25. The zero-order valence-electron chi connectivity index (χ0n) is 8.40. The van der Waals surface area contributed by atoms with Gasteiger partial charge in [0.15, 0.2) is 0 Å². The van der Waals surface area contributed by atoms with E-state index in [0.29, 0.717) is 0 Å². The van der Waals surface area contributed by atoms with Gasteiger partial charge in [-0.15, -0.1) is 48.0 Å². The molecule has 0 unspecified atom stereocenters. The SMILES string of the molecule is C=Cc1c[c-]c(-c2nccn2C)cc1.[Ir]. The summed E-state index contributed by atoms with van der Waals surface area (Å²) in [7, 11) is 1.97. The summed E-state index contributed by atoms with van der Waals surface area (Å²) >= 11 is 0. The fraction of sp³-hybridized carbons (Fsp3) is 0.0833. The van der Waals surface area contributed by atoms with Gasteiger partial charge >= 0.3 is 0 Å². The second-order valence-corrected chi connectivity index (χ2v) is 3.10. The van der Waals surface area contributed by atoms with Gasteiger partial charge in [-0.2, -0.15) is 0 Å². The molecule has 0 spiro atoms. The molecule has 0 saturated carbocycles. The van der Waals surface area contributed by atoms with Crippen molar-refractivity contribution in [3.8, 4) is 11.4 Å². The first-order valence-electron chi connectivity index (χ1n) is 4.43. The number of hydrogen-bond donors (Lipinski definition) is 0. The molecule has 15 heavy (non-hydrogen) atoms. The summed E-state index contributed by atoms with van der Waals surface area (Å²) in [6.07, 6.45) is 5.51. The molecule has 2 rings (SSSR count). The van der Waals surface area contributed by atoms with Crippen LogP contribution in [0.1, 0.15) is 5.56 Å². The van der Waals surface area contributed by atoms with Crippen LogP contribution in [0.25, 0.3) is 17.5 Å². The molecule has 0 aliphatic heterocycles. The third-order valence-electron chi connectivity index (χ3n) is 2.13. The third-order valence-corrected chi connectivity index (χ3v) is 2.13. The number of aryl methyl sites for hydroxylation is 1. The normalized spacial score (nSPS) is 9.40. The molecule has 1 heterocycles.